The van der Waals surface area contributed by atoms with E-state index in [-0.39, 0.29) is 5.56 Å². The minimum Gasteiger partial charge on any atom is -0.327 e. The first-order chi connectivity index (χ1) is 15.9. The molecule has 0 aliphatic carbocycles. The number of carbonyl (C=O) groups is 2. The number of imide groups is 1. The molecule has 2 heterocycles. The van der Waals surface area contributed by atoms with Crippen LogP contribution in [0.15, 0.2) is 67.0 Å². The molecule has 0 saturated carbocycles. The molecule has 2 atom stereocenters. The molecule has 3 amide bonds. The van der Waals surface area contributed by atoms with Gasteiger partial charge in [0.05, 0.1) is 11.5 Å². The van der Waals surface area contributed by atoms with E-state index in [1.54, 1.807) is 25.3 Å². The summed E-state index contributed by atoms with van der Waals surface area (Å²) in [5, 5.41) is 2.84. The fourth-order valence-corrected chi connectivity index (χ4v) is 4.16. The Hall–Kier alpha value is -4.05. The van der Waals surface area contributed by atoms with Gasteiger partial charge < -0.3 is 5.32 Å². The summed E-state index contributed by atoms with van der Waals surface area (Å²) in [5.41, 5.74) is -0.285. The molecule has 1 aromatic heterocycles. The van der Waals surface area contributed by atoms with Crippen LogP contribution in [-0.4, -0.2) is 16.9 Å². The maximum atomic E-state index is 15.0. The lowest BCUT2D eigenvalue weighted by molar-refractivity contribution is -0.125. The molecule has 0 spiro atoms. The van der Waals surface area contributed by atoms with Crippen LogP contribution in [0.5, 0.6) is 0 Å². The number of carbonyl (C=O) groups excluding carboxylic acids is 2. The van der Waals surface area contributed by atoms with Crippen molar-refractivity contribution in [1.29, 1.82) is 0 Å². The molecule has 0 radical (unpaired) electrons. The average molecular weight is 445 g/mol. The molecule has 1 aliphatic heterocycles. The van der Waals surface area contributed by atoms with Gasteiger partial charge in [-0.3, -0.25) is 9.78 Å². The van der Waals surface area contributed by atoms with Crippen LogP contribution >= 0.6 is 0 Å². The van der Waals surface area contributed by atoms with Gasteiger partial charge in [0.2, 0.25) is 5.91 Å². The zero-order chi connectivity index (χ0) is 23.6. The molecular formula is C26H21F2N3O2. The second kappa shape index (κ2) is 8.83. The number of anilines is 1. The Balaban J connectivity index is 1.70. The highest BCUT2D eigenvalue weighted by atomic mass is 19.1. The number of urea groups is 1. The normalized spacial score (nSPS) is 20.1. The highest BCUT2D eigenvalue weighted by Crippen LogP contribution is 2.39. The maximum Gasteiger partial charge on any atom is 0.329 e. The summed E-state index contributed by atoms with van der Waals surface area (Å²) in [6, 6.07) is 13.6. The van der Waals surface area contributed by atoms with E-state index in [0.29, 0.717) is 16.9 Å². The van der Waals surface area contributed by atoms with E-state index < -0.39 is 40.7 Å². The zero-order valence-corrected chi connectivity index (χ0v) is 18.1. The summed E-state index contributed by atoms with van der Waals surface area (Å²) in [6.07, 6.45) is 3.54. The Morgan fingerprint density at radius 2 is 1.70 bits per heavy atom. The van der Waals surface area contributed by atoms with Crippen molar-refractivity contribution in [2.75, 3.05) is 4.90 Å². The molecule has 2 unspecified atom stereocenters. The highest BCUT2D eigenvalue weighted by Gasteiger charge is 2.50. The number of rotatable bonds is 3. The third kappa shape index (κ3) is 3.96. The molecule has 4 rings (SSSR count). The van der Waals surface area contributed by atoms with Crippen LogP contribution in [0.25, 0.3) is 0 Å². The largest absolute Gasteiger partial charge is 0.329 e. The molecule has 0 bridgehead atoms. The van der Waals surface area contributed by atoms with Crippen LogP contribution in [0.1, 0.15) is 37.0 Å². The summed E-state index contributed by atoms with van der Waals surface area (Å²) in [4.78, 5) is 30.8. The molecule has 1 N–H and O–H groups in total. The quantitative estimate of drug-likeness (QED) is 0.592. The number of amides is 3. The lowest BCUT2D eigenvalue weighted by Crippen LogP contribution is -2.65. The van der Waals surface area contributed by atoms with Gasteiger partial charge in [0.1, 0.15) is 5.69 Å². The predicted molar refractivity (Wildman–Crippen MR) is 120 cm³/mol. The third-order valence-electron chi connectivity index (χ3n) is 5.96. The van der Waals surface area contributed by atoms with Gasteiger partial charge >= 0.3 is 6.03 Å². The first-order valence-corrected chi connectivity index (χ1v) is 10.5. The molecule has 3 aromatic rings. The van der Waals surface area contributed by atoms with Gasteiger partial charge in [-0.1, -0.05) is 56.0 Å². The second-order valence-corrected chi connectivity index (χ2v) is 7.80. The standard InChI is InChI=1S/C26H21F2N3O2/c1-3-26(20-9-5-4-6-10-20)17(2)24(32)31(25(33)30-26)23-21(27)14-19(15-22(23)28)12-11-18-8-7-13-29-16-18/h4-10,13-17H,3H2,1-2H3,(H,30,33). The molecule has 2 aromatic carbocycles. The smallest absolute Gasteiger partial charge is 0.327 e. The van der Waals surface area contributed by atoms with E-state index in [2.05, 4.69) is 22.1 Å². The molecule has 1 fully saturated rings. The average Bonchev–Trinajstić information content (AvgIpc) is 2.83. The fourth-order valence-electron chi connectivity index (χ4n) is 4.16. The maximum absolute atomic E-state index is 15.0. The Bertz CT molecular complexity index is 1250. The first kappa shape index (κ1) is 22.2. The number of aromatic nitrogens is 1. The van der Waals surface area contributed by atoms with Gasteiger partial charge in [-0.05, 0) is 36.2 Å². The van der Waals surface area contributed by atoms with Crippen LogP contribution in [-0.2, 0) is 10.3 Å². The van der Waals surface area contributed by atoms with E-state index in [9.17, 15) is 18.4 Å². The van der Waals surface area contributed by atoms with Crippen molar-refractivity contribution >= 4 is 17.6 Å². The molecule has 1 saturated heterocycles. The van der Waals surface area contributed by atoms with Crippen molar-refractivity contribution in [3.63, 3.8) is 0 Å². The Morgan fingerprint density at radius 1 is 1.03 bits per heavy atom. The minimum absolute atomic E-state index is 0.0720. The predicted octanol–water partition coefficient (Wildman–Crippen LogP) is 4.76. The van der Waals surface area contributed by atoms with Crippen molar-refractivity contribution in [3.8, 4) is 11.8 Å². The fraction of sp³-hybridized carbons (Fsp3) is 0.192. The highest BCUT2D eigenvalue weighted by molar-refractivity contribution is 6.17. The molecule has 7 heteroatoms. The van der Waals surface area contributed by atoms with Crippen LogP contribution < -0.4 is 10.2 Å². The van der Waals surface area contributed by atoms with Gasteiger partial charge in [0, 0.05) is 23.5 Å². The molecule has 5 nitrogen and oxygen atoms in total. The van der Waals surface area contributed by atoms with Crippen LogP contribution in [0.3, 0.4) is 0 Å². The van der Waals surface area contributed by atoms with Crippen LogP contribution in [0.4, 0.5) is 19.3 Å². The van der Waals surface area contributed by atoms with Crippen LogP contribution in [0, 0.1) is 29.4 Å². The summed E-state index contributed by atoms with van der Waals surface area (Å²) in [7, 11) is 0. The number of nitrogens with zero attached hydrogens (tertiary/aromatic N) is 2. The Kier molecular flexibility index (Phi) is 5.93. The number of pyridine rings is 1. The SMILES string of the molecule is CCC1(c2ccccc2)NC(=O)N(c2c(F)cc(C#Cc3cccnc3)cc2F)C(=O)C1C. The van der Waals surface area contributed by atoms with Crippen molar-refractivity contribution in [1.82, 2.24) is 10.3 Å². The monoisotopic (exact) mass is 445 g/mol. The van der Waals surface area contributed by atoms with Gasteiger partial charge in [0.25, 0.3) is 0 Å². The topological polar surface area (TPSA) is 62.3 Å². The lowest BCUT2D eigenvalue weighted by atomic mass is 9.75. The van der Waals surface area contributed by atoms with Crippen LogP contribution in [0.2, 0.25) is 0 Å². The van der Waals surface area contributed by atoms with Gasteiger partial charge in [0.15, 0.2) is 11.6 Å². The summed E-state index contributed by atoms with van der Waals surface area (Å²) < 4.78 is 30.0. The van der Waals surface area contributed by atoms with Crippen molar-refractivity contribution < 1.29 is 18.4 Å². The van der Waals surface area contributed by atoms with Gasteiger partial charge in [-0.15, -0.1) is 0 Å². The summed E-state index contributed by atoms with van der Waals surface area (Å²) >= 11 is 0. The molecule has 33 heavy (non-hydrogen) atoms. The van der Waals surface area contributed by atoms with Crippen molar-refractivity contribution in [2.45, 2.75) is 25.8 Å². The number of hydrogen-bond acceptors (Lipinski definition) is 3. The van der Waals surface area contributed by atoms with E-state index >= 15 is 0 Å². The van der Waals surface area contributed by atoms with E-state index in [4.69, 9.17) is 0 Å². The number of nitrogens with one attached hydrogen (secondary N) is 1. The number of benzene rings is 2. The lowest BCUT2D eigenvalue weighted by Gasteiger charge is -2.45. The summed E-state index contributed by atoms with van der Waals surface area (Å²) in [5.74, 6) is 1.90. The molecular weight excluding hydrogens is 424 g/mol. The Labute approximate surface area is 190 Å². The van der Waals surface area contributed by atoms with E-state index in [1.165, 1.54) is 6.20 Å². The van der Waals surface area contributed by atoms with Gasteiger partial charge in [-0.2, -0.15) is 0 Å². The van der Waals surface area contributed by atoms with Gasteiger partial charge in [-0.25, -0.2) is 18.5 Å². The van der Waals surface area contributed by atoms with Crippen molar-refractivity contribution in [2.24, 2.45) is 5.92 Å². The van der Waals surface area contributed by atoms with E-state index in [0.717, 1.165) is 17.7 Å². The second-order valence-electron chi connectivity index (χ2n) is 7.80. The van der Waals surface area contributed by atoms with E-state index in [1.807, 2.05) is 37.3 Å². The summed E-state index contributed by atoms with van der Waals surface area (Å²) in [6.45, 7) is 3.50. The number of halogens is 2. The molecule has 166 valence electrons. The van der Waals surface area contributed by atoms with Crippen molar-refractivity contribution in [3.05, 3.63) is 95.3 Å². The first-order valence-electron chi connectivity index (χ1n) is 10.5. The minimum atomic E-state index is -1.05. The Morgan fingerprint density at radius 3 is 2.30 bits per heavy atom. The zero-order valence-electron chi connectivity index (χ0n) is 18.1. The number of hydrogen-bond donors (Lipinski definition) is 1. The molecule has 1 aliphatic rings. The third-order valence-corrected chi connectivity index (χ3v) is 5.96.